The topological polar surface area (TPSA) is 110 Å². The van der Waals surface area contributed by atoms with Crippen LogP contribution >= 0.6 is 15.9 Å². The van der Waals surface area contributed by atoms with Gasteiger partial charge in [0.15, 0.2) is 15.5 Å². The van der Waals surface area contributed by atoms with Crippen LogP contribution in [0.3, 0.4) is 0 Å². The largest absolute Gasteiger partial charge is 0.383 e. The van der Waals surface area contributed by atoms with Gasteiger partial charge in [-0.3, -0.25) is 5.10 Å². The number of nitrogens with zero attached hydrogens (tertiary/aromatic N) is 6. The average Bonchev–Trinajstić information content (AvgIpc) is 3.49. The van der Waals surface area contributed by atoms with Gasteiger partial charge < -0.3 is 20.0 Å². The lowest BCUT2D eigenvalue weighted by atomic mass is 10.1. The minimum atomic E-state index is -3.34. The predicted molar refractivity (Wildman–Crippen MR) is 142 cm³/mol. The smallest absolute Gasteiger partial charge is 0.175 e. The Morgan fingerprint density at radius 1 is 1.06 bits per heavy atom. The van der Waals surface area contributed by atoms with E-state index in [4.69, 9.17) is 0 Å². The number of halogens is 1. The second kappa shape index (κ2) is 9.90. The molecular formula is C23H31BrN8O2S. The molecular weight excluding hydrogens is 532 g/mol. The molecule has 12 heteroatoms. The summed E-state index contributed by atoms with van der Waals surface area (Å²) in [5.41, 5.74) is 3.64. The summed E-state index contributed by atoms with van der Waals surface area (Å²) in [7, 11) is -3.34. The summed E-state index contributed by atoms with van der Waals surface area (Å²) in [6.45, 7) is 9.14. The SMILES string of the molecule is Cc1c(NCCN2CCCC2)cc(S(C)(=O)=O)cc1N1CCN(c2ncnc3[nH]nc(Br)c23)CC1. The Kier molecular flexibility index (Phi) is 6.86. The number of hydrogen-bond donors (Lipinski definition) is 2. The minimum Gasteiger partial charge on any atom is -0.383 e. The van der Waals surface area contributed by atoms with E-state index in [9.17, 15) is 8.42 Å². The first-order valence-electron chi connectivity index (χ1n) is 12.0. The molecule has 2 aliphatic rings. The number of piperazine rings is 1. The minimum absolute atomic E-state index is 0.351. The number of likely N-dealkylation sites (tertiary alicyclic amines) is 1. The molecule has 3 aromatic rings. The summed E-state index contributed by atoms with van der Waals surface area (Å²) in [6, 6.07) is 3.60. The number of rotatable bonds is 7. The number of aromatic amines is 1. The molecule has 4 heterocycles. The van der Waals surface area contributed by atoms with Gasteiger partial charge in [0.2, 0.25) is 0 Å². The van der Waals surface area contributed by atoms with E-state index in [2.05, 4.69) is 63.0 Å². The number of fused-ring (bicyclic) bond motifs is 1. The van der Waals surface area contributed by atoms with Gasteiger partial charge >= 0.3 is 0 Å². The van der Waals surface area contributed by atoms with Crippen molar-refractivity contribution in [3.63, 3.8) is 0 Å². The Labute approximate surface area is 214 Å². The average molecular weight is 564 g/mol. The van der Waals surface area contributed by atoms with Crippen LogP contribution in [0.5, 0.6) is 0 Å². The maximum atomic E-state index is 12.5. The molecule has 2 aromatic heterocycles. The molecule has 0 radical (unpaired) electrons. The zero-order chi connectivity index (χ0) is 24.6. The lowest BCUT2D eigenvalue weighted by molar-refractivity contribution is 0.352. The van der Waals surface area contributed by atoms with Crippen LogP contribution in [0.1, 0.15) is 18.4 Å². The van der Waals surface area contributed by atoms with Gasteiger partial charge in [-0.1, -0.05) is 0 Å². The van der Waals surface area contributed by atoms with Crippen molar-refractivity contribution < 1.29 is 8.42 Å². The maximum Gasteiger partial charge on any atom is 0.175 e. The predicted octanol–water partition coefficient (Wildman–Crippen LogP) is 2.66. The molecule has 10 nitrogen and oxygen atoms in total. The van der Waals surface area contributed by atoms with Crippen molar-refractivity contribution in [2.24, 2.45) is 0 Å². The van der Waals surface area contributed by atoms with Crippen molar-refractivity contribution in [1.82, 2.24) is 25.1 Å². The standard InChI is InChI=1S/C23H31BrN8O2S/c1-16-18(25-5-8-30-6-3-4-7-30)13-17(35(2,33)34)14-19(16)31-9-11-32(12-10-31)23-20-21(24)28-29-22(20)26-15-27-23/h13-15,25H,3-12H2,1-2H3,(H,26,27,28,29). The van der Waals surface area contributed by atoms with Gasteiger partial charge in [0.1, 0.15) is 16.7 Å². The number of benzene rings is 1. The first-order chi connectivity index (χ1) is 16.8. The molecule has 0 amide bonds. The molecule has 0 saturated carbocycles. The van der Waals surface area contributed by atoms with E-state index in [1.54, 1.807) is 12.4 Å². The van der Waals surface area contributed by atoms with Crippen LogP contribution in [0.4, 0.5) is 17.2 Å². The van der Waals surface area contributed by atoms with Gasteiger partial charge in [-0.05, 0) is 66.5 Å². The summed E-state index contributed by atoms with van der Waals surface area (Å²) in [6.07, 6.45) is 5.35. The maximum absolute atomic E-state index is 12.5. The van der Waals surface area contributed by atoms with Crippen LogP contribution < -0.4 is 15.1 Å². The normalized spacial score (nSPS) is 17.5. The first-order valence-corrected chi connectivity index (χ1v) is 14.6. The summed E-state index contributed by atoms with van der Waals surface area (Å²) >= 11 is 3.49. The van der Waals surface area contributed by atoms with E-state index in [1.807, 2.05) is 6.07 Å². The quantitative estimate of drug-likeness (QED) is 0.448. The fourth-order valence-electron chi connectivity index (χ4n) is 4.96. The molecule has 5 rings (SSSR count). The summed E-state index contributed by atoms with van der Waals surface area (Å²) in [5, 5.41) is 11.5. The van der Waals surface area contributed by atoms with Gasteiger partial charge in [0.05, 0.1) is 10.3 Å². The zero-order valence-corrected chi connectivity index (χ0v) is 22.5. The molecule has 0 aliphatic carbocycles. The molecule has 2 aliphatic heterocycles. The van der Waals surface area contributed by atoms with Crippen molar-refractivity contribution in [2.75, 3.05) is 73.7 Å². The summed E-state index contributed by atoms with van der Waals surface area (Å²) < 4.78 is 25.7. The molecule has 35 heavy (non-hydrogen) atoms. The van der Waals surface area contributed by atoms with E-state index in [-0.39, 0.29) is 0 Å². The van der Waals surface area contributed by atoms with Crippen molar-refractivity contribution in [2.45, 2.75) is 24.7 Å². The molecule has 0 atom stereocenters. The van der Waals surface area contributed by atoms with Crippen molar-refractivity contribution in [1.29, 1.82) is 0 Å². The van der Waals surface area contributed by atoms with Crippen LogP contribution in [0.2, 0.25) is 0 Å². The second-order valence-electron chi connectivity index (χ2n) is 9.27. The van der Waals surface area contributed by atoms with E-state index >= 15 is 0 Å². The highest BCUT2D eigenvalue weighted by Gasteiger charge is 2.25. The number of H-pyrrole nitrogens is 1. The molecule has 0 spiro atoms. The third-order valence-electron chi connectivity index (χ3n) is 6.94. The number of sulfone groups is 1. The van der Waals surface area contributed by atoms with Crippen LogP contribution in [0, 0.1) is 6.92 Å². The molecule has 1 aromatic carbocycles. The Bertz CT molecular complexity index is 1310. The summed E-state index contributed by atoms with van der Waals surface area (Å²) in [4.78, 5) is 16.1. The molecule has 2 saturated heterocycles. The van der Waals surface area contributed by atoms with Crippen LogP contribution in [-0.4, -0.2) is 92.1 Å². The monoisotopic (exact) mass is 562 g/mol. The fraction of sp³-hybridized carbons (Fsp3) is 0.522. The van der Waals surface area contributed by atoms with Gasteiger partial charge in [-0.25, -0.2) is 18.4 Å². The fourth-order valence-corrected chi connectivity index (χ4v) is 6.07. The number of hydrogen-bond acceptors (Lipinski definition) is 9. The van der Waals surface area contributed by atoms with Crippen molar-refractivity contribution >= 4 is 54.0 Å². The highest BCUT2D eigenvalue weighted by molar-refractivity contribution is 9.10. The van der Waals surface area contributed by atoms with E-state index < -0.39 is 9.84 Å². The Hall–Kier alpha value is -2.44. The third kappa shape index (κ3) is 5.10. The first kappa shape index (κ1) is 24.3. The number of nitrogens with one attached hydrogen (secondary N) is 2. The Morgan fingerprint density at radius 2 is 1.77 bits per heavy atom. The van der Waals surface area contributed by atoms with E-state index in [0.29, 0.717) is 15.1 Å². The second-order valence-corrected chi connectivity index (χ2v) is 12.0. The van der Waals surface area contributed by atoms with Gasteiger partial charge in [-0.15, -0.1) is 0 Å². The van der Waals surface area contributed by atoms with Crippen LogP contribution in [-0.2, 0) is 9.84 Å². The molecule has 0 unspecified atom stereocenters. The summed E-state index contributed by atoms with van der Waals surface area (Å²) in [5.74, 6) is 0.848. The molecule has 2 fully saturated rings. The van der Waals surface area contributed by atoms with E-state index in [0.717, 1.165) is 80.5 Å². The number of anilines is 3. The lowest BCUT2D eigenvalue weighted by Crippen LogP contribution is -2.47. The highest BCUT2D eigenvalue weighted by Crippen LogP contribution is 2.33. The zero-order valence-electron chi connectivity index (χ0n) is 20.1. The van der Waals surface area contributed by atoms with E-state index in [1.165, 1.54) is 19.1 Å². The molecule has 0 bridgehead atoms. The van der Waals surface area contributed by atoms with Gasteiger partial charge in [0.25, 0.3) is 0 Å². The van der Waals surface area contributed by atoms with Crippen molar-refractivity contribution in [3.05, 3.63) is 28.6 Å². The molecule has 2 N–H and O–H groups in total. The van der Waals surface area contributed by atoms with Gasteiger partial charge in [-0.2, -0.15) is 5.10 Å². The third-order valence-corrected chi connectivity index (χ3v) is 8.60. The molecule has 188 valence electrons. The Morgan fingerprint density at radius 3 is 2.49 bits per heavy atom. The lowest BCUT2D eigenvalue weighted by Gasteiger charge is -2.38. The van der Waals surface area contributed by atoms with Crippen molar-refractivity contribution in [3.8, 4) is 0 Å². The Balaban J connectivity index is 1.35. The van der Waals surface area contributed by atoms with Gasteiger partial charge in [0, 0.05) is 56.9 Å². The van der Waals surface area contributed by atoms with Crippen LogP contribution in [0.15, 0.2) is 28.0 Å². The number of aromatic nitrogens is 4. The highest BCUT2D eigenvalue weighted by atomic mass is 79.9. The van der Waals surface area contributed by atoms with Crippen LogP contribution in [0.25, 0.3) is 11.0 Å².